The first-order valence-corrected chi connectivity index (χ1v) is 10.4. The van der Waals surface area contributed by atoms with Gasteiger partial charge in [0.1, 0.15) is 0 Å². The van der Waals surface area contributed by atoms with Gasteiger partial charge in [0.05, 0.1) is 0 Å². The van der Waals surface area contributed by atoms with Gasteiger partial charge in [0.15, 0.2) is 0 Å². The molecule has 1 N–H and O–H groups in total. The van der Waals surface area contributed by atoms with Crippen molar-refractivity contribution in [3.8, 4) is 11.3 Å². The molecule has 30 heavy (non-hydrogen) atoms. The zero-order valence-electron chi connectivity index (χ0n) is 17.6. The molecule has 2 aromatic heterocycles. The minimum atomic E-state index is 0.00579. The second-order valence-corrected chi connectivity index (χ2v) is 7.95. The molecule has 4 rings (SSSR count). The molecule has 1 aromatic carbocycles. The highest BCUT2D eigenvalue weighted by molar-refractivity contribution is 6.19. The smallest absolute Gasteiger partial charge is 0.254 e. The monoisotopic (exact) mass is 400 g/mol. The van der Waals surface area contributed by atoms with Crippen molar-refractivity contribution in [1.29, 1.82) is 0 Å². The van der Waals surface area contributed by atoms with E-state index in [0.29, 0.717) is 18.2 Å². The van der Waals surface area contributed by atoms with Gasteiger partial charge in [0, 0.05) is 72.7 Å². The molecule has 1 aliphatic heterocycles. The molecule has 0 aliphatic carbocycles. The standard InChI is InChI=1S/C25H28N4O/c1-18-17-28(20(3)21-8-5-4-6-9-21)12-13-29(18)25(30)19(2)23-14-24(27-16-23)22-10-7-11-26-15-22/h4-11,14-16,18,20,27H,2,12-13,17H2,1,3H3/t18-,20?/m1/s1. The lowest BCUT2D eigenvalue weighted by Crippen LogP contribution is -2.54. The first-order valence-electron chi connectivity index (χ1n) is 10.4. The largest absolute Gasteiger partial charge is 0.361 e. The van der Waals surface area contributed by atoms with Crippen LogP contribution in [0.2, 0.25) is 0 Å². The Morgan fingerprint density at radius 2 is 2.00 bits per heavy atom. The van der Waals surface area contributed by atoms with Crippen molar-refractivity contribution in [2.45, 2.75) is 25.9 Å². The summed E-state index contributed by atoms with van der Waals surface area (Å²) in [5, 5.41) is 0. The maximum Gasteiger partial charge on any atom is 0.254 e. The number of nitrogens with one attached hydrogen (secondary N) is 1. The summed E-state index contributed by atoms with van der Waals surface area (Å²) >= 11 is 0. The number of aromatic nitrogens is 2. The quantitative estimate of drug-likeness (QED) is 0.647. The normalized spacial score (nSPS) is 18.2. The number of aromatic amines is 1. The fourth-order valence-electron chi connectivity index (χ4n) is 4.14. The molecule has 5 nitrogen and oxygen atoms in total. The summed E-state index contributed by atoms with van der Waals surface area (Å²) in [6, 6.07) is 16.9. The number of H-pyrrole nitrogens is 1. The van der Waals surface area contributed by atoms with Gasteiger partial charge in [-0.2, -0.15) is 0 Å². The van der Waals surface area contributed by atoms with E-state index in [1.54, 1.807) is 12.4 Å². The first kappa shape index (κ1) is 20.1. The number of amides is 1. The van der Waals surface area contributed by atoms with E-state index in [1.807, 2.05) is 35.4 Å². The van der Waals surface area contributed by atoms with Crippen LogP contribution in [0.1, 0.15) is 31.0 Å². The Morgan fingerprint density at radius 1 is 1.20 bits per heavy atom. The number of nitrogens with zero attached hydrogens (tertiary/aromatic N) is 3. The third-order valence-corrected chi connectivity index (χ3v) is 6.01. The van der Waals surface area contributed by atoms with Crippen LogP contribution in [0.15, 0.2) is 73.7 Å². The molecule has 0 spiro atoms. The molecule has 1 unspecified atom stereocenters. The van der Waals surface area contributed by atoms with Gasteiger partial charge < -0.3 is 9.88 Å². The van der Waals surface area contributed by atoms with E-state index in [-0.39, 0.29) is 11.9 Å². The van der Waals surface area contributed by atoms with Crippen LogP contribution < -0.4 is 0 Å². The highest BCUT2D eigenvalue weighted by Crippen LogP contribution is 2.27. The van der Waals surface area contributed by atoms with Crippen LogP contribution in [0.5, 0.6) is 0 Å². The summed E-state index contributed by atoms with van der Waals surface area (Å²) in [4.78, 5) is 25.0. The Kier molecular flexibility index (Phi) is 5.81. The number of rotatable bonds is 5. The molecule has 2 atom stereocenters. The molecule has 3 heterocycles. The molecule has 1 fully saturated rings. The Bertz CT molecular complexity index is 1010. The highest BCUT2D eigenvalue weighted by atomic mass is 16.2. The second kappa shape index (κ2) is 8.67. The topological polar surface area (TPSA) is 52.2 Å². The Labute approximate surface area is 178 Å². The van der Waals surface area contributed by atoms with Gasteiger partial charge >= 0.3 is 0 Å². The number of piperazine rings is 1. The van der Waals surface area contributed by atoms with Crippen molar-refractivity contribution in [1.82, 2.24) is 19.8 Å². The van der Waals surface area contributed by atoms with Gasteiger partial charge in [0.2, 0.25) is 0 Å². The highest BCUT2D eigenvalue weighted by Gasteiger charge is 2.31. The number of benzene rings is 1. The van der Waals surface area contributed by atoms with E-state index in [0.717, 1.165) is 29.9 Å². The zero-order valence-corrected chi connectivity index (χ0v) is 17.6. The maximum atomic E-state index is 13.2. The molecule has 154 valence electrons. The number of carbonyl (C=O) groups is 1. The molecule has 5 heteroatoms. The van der Waals surface area contributed by atoms with Crippen LogP contribution in [0, 0.1) is 0 Å². The molecule has 1 aliphatic rings. The predicted octanol–water partition coefficient (Wildman–Crippen LogP) is 4.38. The van der Waals surface area contributed by atoms with Crippen LogP contribution in [0.25, 0.3) is 16.8 Å². The Hall–Kier alpha value is -3.18. The van der Waals surface area contributed by atoms with Crippen LogP contribution in [0.3, 0.4) is 0 Å². The van der Waals surface area contributed by atoms with E-state index < -0.39 is 0 Å². The van der Waals surface area contributed by atoms with E-state index in [1.165, 1.54) is 5.56 Å². The van der Waals surface area contributed by atoms with Crippen LogP contribution in [-0.2, 0) is 4.79 Å². The van der Waals surface area contributed by atoms with Gasteiger partial charge in [-0.1, -0.05) is 36.9 Å². The van der Waals surface area contributed by atoms with E-state index in [4.69, 9.17) is 0 Å². The lowest BCUT2D eigenvalue weighted by atomic mass is 10.0. The summed E-state index contributed by atoms with van der Waals surface area (Å²) < 4.78 is 0. The average molecular weight is 401 g/mol. The van der Waals surface area contributed by atoms with Crippen LogP contribution in [0.4, 0.5) is 0 Å². The third-order valence-electron chi connectivity index (χ3n) is 6.01. The average Bonchev–Trinajstić information content (AvgIpc) is 3.29. The Morgan fingerprint density at radius 3 is 2.70 bits per heavy atom. The summed E-state index contributed by atoms with van der Waals surface area (Å²) in [7, 11) is 0. The molecule has 1 amide bonds. The second-order valence-electron chi connectivity index (χ2n) is 7.95. The van der Waals surface area contributed by atoms with E-state index in [2.05, 4.69) is 59.6 Å². The molecular formula is C25H28N4O. The third kappa shape index (κ3) is 4.07. The number of hydrogen-bond acceptors (Lipinski definition) is 3. The maximum absolute atomic E-state index is 13.2. The van der Waals surface area contributed by atoms with Crippen molar-refractivity contribution in [2.75, 3.05) is 19.6 Å². The first-order chi connectivity index (χ1) is 14.5. The SMILES string of the molecule is C=C(C(=O)N1CCN(C(C)c2ccccc2)C[C@H]1C)c1c[nH]c(-c2cccnc2)c1. The summed E-state index contributed by atoms with van der Waals surface area (Å²) in [5.74, 6) is 0.00579. The lowest BCUT2D eigenvalue weighted by Gasteiger charge is -2.42. The van der Waals surface area contributed by atoms with Crippen LogP contribution >= 0.6 is 0 Å². The van der Waals surface area contributed by atoms with Crippen LogP contribution in [-0.4, -0.2) is 51.4 Å². The number of hydrogen-bond donors (Lipinski definition) is 1. The van der Waals surface area contributed by atoms with Crippen molar-refractivity contribution in [2.24, 2.45) is 0 Å². The number of pyridine rings is 1. The van der Waals surface area contributed by atoms with Crippen molar-refractivity contribution in [3.05, 3.63) is 84.8 Å². The molecule has 1 saturated heterocycles. The zero-order chi connectivity index (χ0) is 21.1. The minimum absolute atomic E-state index is 0.00579. The van der Waals surface area contributed by atoms with Gasteiger partial charge in [0.25, 0.3) is 5.91 Å². The Balaban J connectivity index is 1.42. The number of carbonyl (C=O) groups excluding carboxylic acids is 1. The van der Waals surface area contributed by atoms with E-state index in [9.17, 15) is 4.79 Å². The lowest BCUT2D eigenvalue weighted by molar-refractivity contribution is -0.129. The fourth-order valence-corrected chi connectivity index (χ4v) is 4.14. The van der Waals surface area contributed by atoms with Crippen molar-refractivity contribution < 1.29 is 4.79 Å². The molecule has 3 aromatic rings. The summed E-state index contributed by atoms with van der Waals surface area (Å²) in [6.07, 6.45) is 5.39. The molecular weight excluding hydrogens is 372 g/mol. The van der Waals surface area contributed by atoms with E-state index >= 15 is 0 Å². The molecule has 0 saturated carbocycles. The molecule has 0 bridgehead atoms. The summed E-state index contributed by atoms with van der Waals surface area (Å²) in [6.45, 7) is 10.9. The predicted molar refractivity (Wildman–Crippen MR) is 121 cm³/mol. The van der Waals surface area contributed by atoms with Gasteiger partial charge in [-0.15, -0.1) is 0 Å². The van der Waals surface area contributed by atoms with Gasteiger partial charge in [-0.05, 0) is 37.6 Å². The van der Waals surface area contributed by atoms with Gasteiger partial charge in [-0.25, -0.2) is 0 Å². The fraction of sp³-hybridized carbons (Fsp3) is 0.280. The van der Waals surface area contributed by atoms with Crippen molar-refractivity contribution in [3.63, 3.8) is 0 Å². The summed E-state index contributed by atoms with van der Waals surface area (Å²) in [5.41, 5.74) is 4.58. The van der Waals surface area contributed by atoms with Gasteiger partial charge in [-0.3, -0.25) is 14.7 Å². The van der Waals surface area contributed by atoms with Crippen molar-refractivity contribution >= 4 is 11.5 Å². The molecule has 0 radical (unpaired) electrons. The minimum Gasteiger partial charge on any atom is -0.361 e.